The molecule has 2 aromatic carbocycles. The summed E-state index contributed by atoms with van der Waals surface area (Å²) in [7, 11) is 0. The molecule has 1 spiro atoms. The van der Waals surface area contributed by atoms with Gasteiger partial charge in [-0.05, 0) is 69.2 Å². The van der Waals surface area contributed by atoms with Crippen molar-refractivity contribution in [3.63, 3.8) is 0 Å². The van der Waals surface area contributed by atoms with Crippen LogP contribution < -0.4 is 38.5 Å². The number of aliphatic imine (C=N–C) groups is 1. The number of rotatable bonds is 19. The maximum Gasteiger partial charge on any atom is 0.323 e. The fourth-order valence-corrected chi connectivity index (χ4v) is 8.94. The van der Waals surface area contributed by atoms with E-state index in [-0.39, 0.29) is 49.7 Å². The Morgan fingerprint density at radius 2 is 1.66 bits per heavy atom. The highest BCUT2D eigenvalue weighted by Crippen LogP contribution is 2.37. The highest BCUT2D eigenvalue weighted by Gasteiger charge is 2.51. The summed E-state index contributed by atoms with van der Waals surface area (Å²) >= 11 is 1.34. The normalized spacial score (nSPS) is 18.5. The summed E-state index contributed by atoms with van der Waals surface area (Å²) in [4.78, 5) is 91.3. The summed E-state index contributed by atoms with van der Waals surface area (Å²) in [6, 6.07) is 13.7. The van der Waals surface area contributed by atoms with E-state index >= 15 is 0 Å². The number of anilines is 1. The molecule has 19 heteroatoms. The first-order chi connectivity index (χ1) is 28.3. The zero-order valence-corrected chi connectivity index (χ0v) is 34.1. The first-order valence-electron chi connectivity index (χ1n) is 20.1. The van der Waals surface area contributed by atoms with Crippen molar-refractivity contribution in [2.75, 3.05) is 63.0 Å². The molecular formula is C40H57N11O7S. The summed E-state index contributed by atoms with van der Waals surface area (Å²) in [6.45, 7) is 1.06. The second-order valence-electron chi connectivity index (χ2n) is 15.2. The molecule has 0 unspecified atom stereocenters. The van der Waals surface area contributed by atoms with Crippen LogP contribution in [0.4, 0.5) is 10.5 Å². The van der Waals surface area contributed by atoms with Crippen molar-refractivity contribution >= 4 is 59.0 Å². The number of aliphatic carboxylic acids is 1. The number of piperidine rings is 1. The predicted octanol–water partition coefficient (Wildman–Crippen LogP) is 0.0309. The summed E-state index contributed by atoms with van der Waals surface area (Å²) < 4.78 is 0. The number of benzene rings is 2. The first-order valence-corrected chi connectivity index (χ1v) is 21.1. The largest absolute Gasteiger partial charge is 0.480 e. The fraction of sp³-hybridized carbons (Fsp3) is 0.525. The Kier molecular flexibility index (Phi) is 15.9. The number of hydrogen-bond donors (Lipinski definition) is 7. The van der Waals surface area contributed by atoms with E-state index in [2.05, 4.69) is 15.6 Å². The highest BCUT2D eigenvalue weighted by molar-refractivity contribution is 7.99. The fourth-order valence-electron chi connectivity index (χ4n) is 7.86. The number of nitrogens with one attached hydrogen (secondary N) is 2. The molecule has 0 radical (unpaired) electrons. The van der Waals surface area contributed by atoms with Gasteiger partial charge in [0.25, 0.3) is 5.91 Å². The summed E-state index contributed by atoms with van der Waals surface area (Å²) in [5.74, 6) is -2.88. The molecule has 11 N–H and O–H groups in total. The van der Waals surface area contributed by atoms with Crippen molar-refractivity contribution in [3.05, 3.63) is 60.2 Å². The molecule has 0 bridgehead atoms. The van der Waals surface area contributed by atoms with E-state index in [4.69, 9.17) is 22.9 Å². The van der Waals surface area contributed by atoms with Crippen LogP contribution >= 0.6 is 11.8 Å². The first kappa shape index (κ1) is 44.7. The third kappa shape index (κ3) is 11.9. The maximum absolute atomic E-state index is 14.2. The number of carboxylic acid groups (broad SMARTS) is 1. The zero-order valence-electron chi connectivity index (χ0n) is 33.3. The number of fused-ring (bicyclic) bond motifs is 1. The maximum atomic E-state index is 14.2. The third-order valence-electron chi connectivity index (χ3n) is 11.0. The van der Waals surface area contributed by atoms with Crippen molar-refractivity contribution in [1.29, 1.82) is 0 Å². The molecule has 0 saturated carbocycles. The molecule has 5 rings (SSSR count). The molecule has 3 aliphatic rings. The van der Waals surface area contributed by atoms with Gasteiger partial charge in [-0.3, -0.25) is 33.9 Å². The van der Waals surface area contributed by atoms with Gasteiger partial charge < -0.3 is 53.4 Å². The van der Waals surface area contributed by atoms with Gasteiger partial charge in [0.1, 0.15) is 25.2 Å². The minimum Gasteiger partial charge on any atom is -0.480 e. The SMILES string of the molecule is NCCCC[C@H](N)C(=O)N[C@@H](CCCN=C(N)N)C(=O)N1CCC2(CC1)CN(CC(=O)N[C@@H]1CSc3ccccc3N(CC(=O)O)C1=O)C(=O)N2CCc1ccccc1. The molecule has 3 aliphatic heterocycles. The smallest absolute Gasteiger partial charge is 0.323 e. The molecular weight excluding hydrogens is 779 g/mol. The number of likely N-dealkylation sites (tertiary alicyclic amines) is 1. The van der Waals surface area contributed by atoms with E-state index in [0.717, 1.165) is 21.8 Å². The van der Waals surface area contributed by atoms with Crippen LogP contribution in [0, 0.1) is 0 Å². The van der Waals surface area contributed by atoms with E-state index in [9.17, 15) is 33.9 Å². The van der Waals surface area contributed by atoms with Gasteiger partial charge in [-0.25, -0.2) is 4.79 Å². The summed E-state index contributed by atoms with van der Waals surface area (Å²) in [5.41, 5.74) is 23.5. The molecule has 2 fully saturated rings. The summed E-state index contributed by atoms with van der Waals surface area (Å²) in [6.07, 6.45) is 3.97. The van der Waals surface area contributed by atoms with E-state index in [1.54, 1.807) is 29.2 Å². The molecule has 59 heavy (non-hydrogen) atoms. The van der Waals surface area contributed by atoms with E-state index in [1.807, 2.05) is 35.2 Å². The van der Waals surface area contributed by atoms with E-state index in [0.29, 0.717) is 70.4 Å². The monoisotopic (exact) mass is 835 g/mol. The lowest BCUT2D eigenvalue weighted by molar-refractivity contribution is -0.139. The number of urea groups is 1. The second kappa shape index (κ2) is 21.0. The number of amides is 6. The van der Waals surface area contributed by atoms with Crippen LogP contribution in [0.1, 0.15) is 50.5 Å². The predicted molar refractivity (Wildman–Crippen MR) is 224 cm³/mol. The third-order valence-corrected chi connectivity index (χ3v) is 12.1. The van der Waals surface area contributed by atoms with Gasteiger partial charge in [0.2, 0.25) is 17.7 Å². The topological polar surface area (TPSA) is 276 Å². The molecule has 0 aliphatic carbocycles. The number of carbonyl (C=O) groups is 6. The number of guanidine groups is 1. The van der Waals surface area contributed by atoms with Gasteiger partial charge in [0.15, 0.2) is 5.96 Å². The number of carboxylic acids is 1. The number of nitrogens with zero attached hydrogens (tertiary/aromatic N) is 5. The Balaban J connectivity index is 1.28. The molecule has 320 valence electrons. The van der Waals surface area contributed by atoms with Crippen molar-refractivity contribution in [2.24, 2.45) is 27.9 Å². The van der Waals surface area contributed by atoms with Gasteiger partial charge >= 0.3 is 12.0 Å². The van der Waals surface area contributed by atoms with Gasteiger partial charge in [-0.15, -0.1) is 11.8 Å². The molecule has 2 aromatic rings. The van der Waals surface area contributed by atoms with Gasteiger partial charge in [0.05, 0.1) is 17.3 Å². The standard InChI is InChI=1S/C40H57N11O7S/c41-18-7-6-11-28(42)35(55)47-29(12-8-19-45-38(43)44)36(56)48-21-16-40(17-22-48)26-49(39(58)51(40)20-15-27-9-2-1-3-10-27)23-33(52)46-30-25-59-32-14-5-4-13-31(32)50(37(30)57)24-34(53)54/h1-5,9-10,13-14,28-30H,6-8,11-12,15-26,41-42H2,(H,46,52)(H,47,55)(H,53,54)(H4,43,44,45)/t28-,29-,30+/m0/s1. The molecule has 3 atom stereocenters. The van der Waals surface area contributed by atoms with Crippen LogP contribution in [-0.4, -0.2) is 143 Å². The van der Waals surface area contributed by atoms with E-state index < -0.39 is 53.9 Å². The molecule has 18 nitrogen and oxygen atoms in total. The molecule has 0 aromatic heterocycles. The summed E-state index contributed by atoms with van der Waals surface area (Å²) in [5, 5.41) is 15.2. The van der Waals surface area contributed by atoms with Crippen molar-refractivity contribution in [1.82, 2.24) is 25.3 Å². The number of hydrogen-bond acceptors (Lipinski definition) is 10. The van der Waals surface area contributed by atoms with Crippen LogP contribution in [0.3, 0.4) is 0 Å². The van der Waals surface area contributed by atoms with Crippen LogP contribution in [0.25, 0.3) is 0 Å². The zero-order chi connectivity index (χ0) is 42.5. The average molecular weight is 836 g/mol. The van der Waals surface area contributed by atoms with Gasteiger partial charge in [-0.1, -0.05) is 48.9 Å². The molecule has 2 saturated heterocycles. The van der Waals surface area contributed by atoms with Crippen molar-refractivity contribution in [3.8, 4) is 0 Å². The number of para-hydroxylation sites is 1. The number of thioether (sulfide) groups is 1. The minimum atomic E-state index is -1.19. The Morgan fingerprint density at radius 3 is 2.36 bits per heavy atom. The molecule has 3 heterocycles. The highest BCUT2D eigenvalue weighted by atomic mass is 32.2. The Morgan fingerprint density at radius 1 is 0.949 bits per heavy atom. The number of nitrogens with two attached hydrogens (primary N) is 4. The van der Waals surface area contributed by atoms with Crippen molar-refractivity contribution < 1.29 is 33.9 Å². The number of unbranched alkanes of at least 4 members (excludes halogenated alkanes) is 1. The van der Waals surface area contributed by atoms with Crippen LogP contribution in [0.2, 0.25) is 0 Å². The average Bonchev–Trinajstić information content (AvgIpc) is 3.38. The Bertz CT molecular complexity index is 1840. The lowest BCUT2D eigenvalue weighted by Gasteiger charge is -2.44. The molecule has 6 amide bonds. The second-order valence-corrected chi connectivity index (χ2v) is 16.3. The quantitative estimate of drug-likeness (QED) is 0.0561. The van der Waals surface area contributed by atoms with Gasteiger partial charge in [-0.2, -0.15) is 0 Å². The lowest BCUT2D eigenvalue weighted by Crippen LogP contribution is -2.59. The van der Waals surface area contributed by atoms with Crippen LogP contribution in [0.15, 0.2) is 64.5 Å². The van der Waals surface area contributed by atoms with Crippen molar-refractivity contribution in [2.45, 2.75) is 79.9 Å². The van der Waals surface area contributed by atoms with Crippen LogP contribution in [-0.2, 0) is 30.4 Å². The minimum absolute atomic E-state index is 0.0695. The van der Waals surface area contributed by atoms with Crippen LogP contribution in [0.5, 0.6) is 0 Å². The Labute approximate surface area is 348 Å². The number of carbonyl (C=O) groups excluding carboxylic acids is 5. The Hall–Kier alpha value is -5.40. The van der Waals surface area contributed by atoms with Gasteiger partial charge in [0, 0.05) is 43.4 Å². The lowest BCUT2D eigenvalue weighted by atomic mass is 9.86. The van der Waals surface area contributed by atoms with E-state index in [1.165, 1.54) is 16.7 Å².